The summed E-state index contributed by atoms with van der Waals surface area (Å²) >= 11 is 0. The zero-order chi connectivity index (χ0) is 14.9. The molecule has 0 amide bonds. The van der Waals surface area contributed by atoms with Crippen molar-refractivity contribution >= 4 is 5.57 Å². The van der Waals surface area contributed by atoms with E-state index in [1.807, 2.05) is 6.20 Å². The fraction of sp³-hybridized carbons (Fsp3) is 0.350. The highest BCUT2D eigenvalue weighted by Crippen LogP contribution is 2.39. The molecule has 2 aromatic rings. The number of benzene rings is 1. The SMILES string of the molecule is Cc1cc(C2=CC3CCC(C2)N3Cc2ccccc2)ccn1. The molecule has 2 aliphatic rings. The Morgan fingerprint density at radius 2 is 2.00 bits per heavy atom. The average molecular weight is 290 g/mol. The van der Waals surface area contributed by atoms with Crippen LogP contribution in [0.25, 0.3) is 5.57 Å². The number of pyridine rings is 1. The molecule has 22 heavy (non-hydrogen) atoms. The minimum Gasteiger partial charge on any atom is -0.289 e. The second kappa shape index (κ2) is 5.69. The van der Waals surface area contributed by atoms with Gasteiger partial charge in [0.05, 0.1) is 0 Å². The normalized spacial score (nSPS) is 24.3. The lowest BCUT2D eigenvalue weighted by molar-refractivity contribution is 0.203. The van der Waals surface area contributed by atoms with Crippen LogP contribution >= 0.6 is 0 Å². The lowest BCUT2D eigenvalue weighted by atomic mass is 9.94. The van der Waals surface area contributed by atoms with Gasteiger partial charge in [-0.15, -0.1) is 0 Å². The first kappa shape index (κ1) is 13.7. The minimum atomic E-state index is 0.599. The smallest absolute Gasteiger partial charge is 0.0378 e. The van der Waals surface area contributed by atoms with E-state index >= 15 is 0 Å². The largest absolute Gasteiger partial charge is 0.289 e. The quantitative estimate of drug-likeness (QED) is 0.842. The van der Waals surface area contributed by atoms with E-state index in [-0.39, 0.29) is 0 Å². The van der Waals surface area contributed by atoms with Gasteiger partial charge in [-0.2, -0.15) is 0 Å². The highest BCUT2D eigenvalue weighted by atomic mass is 15.2. The number of hydrogen-bond acceptors (Lipinski definition) is 2. The molecule has 0 spiro atoms. The van der Waals surface area contributed by atoms with Crippen LogP contribution in [0.15, 0.2) is 54.7 Å². The summed E-state index contributed by atoms with van der Waals surface area (Å²) < 4.78 is 0. The van der Waals surface area contributed by atoms with E-state index in [1.54, 1.807) is 0 Å². The molecule has 2 nitrogen and oxygen atoms in total. The maximum absolute atomic E-state index is 4.32. The molecule has 0 N–H and O–H groups in total. The van der Waals surface area contributed by atoms with Gasteiger partial charge in [0, 0.05) is 30.5 Å². The van der Waals surface area contributed by atoms with Crippen LogP contribution in [0.2, 0.25) is 0 Å². The van der Waals surface area contributed by atoms with Crippen molar-refractivity contribution in [2.75, 3.05) is 0 Å². The Balaban J connectivity index is 1.57. The minimum absolute atomic E-state index is 0.599. The van der Waals surface area contributed by atoms with E-state index in [4.69, 9.17) is 0 Å². The molecule has 2 unspecified atom stereocenters. The maximum atomic E-state index is 4.32. The molecule has 4 rings (SSSR count). The molecule has 2 heteroatoms. The predicted molar refractivity (Wildman–Crippen MR) is 90.4 cm³/mol. The molecule has 112 valence electrons. The second-order valence-corrected chi connectivity index (χ2v) is 6.54. The van der Waals surface area contributed by atoms with Crippen molar-refractivity contribution in [2.45, 2.75) is 44.8 Å². The van der Waals surface area contributed by atoms with Crippen molar-refractivity contribution in [1.29, 1.82) is 0 Å². The summed E-state index contributed by atoms with van der Waals surface area (Å²) in [5.41, 5.74) is 5.42. The van der Waals surface area contributed by atoms with Crippen molar-refractivity contribution in [3.05, 3.63) is 71.6 Å². The molecule has 2 atom stereocenters. The van der Waals surface area contributed by atoms with E-state index in [0.29, 0.717) is 12.1 Å². The molecular formula is C20H22N2. The number of aryl methyl sites for hydroxylation is 1. The number of hydrogen-bond donors (Lipinski definition) is 0. The predicted octanol–water partition coefficient (Wildman–Crippen LogP) is 4.21. The van der Waals surface area contributed by atoms with Crippen LogP contribution in [0.4, 0.5) is 0 Å². The van der Waals surface area contributed by atoms with E-state index < -0.39 is 0 Å². The Labute approximate surface area is 132 Å². The van der Waals surface area contributed by atoms with E-state index in [9.17, 15) is 0 Å². The zero-order valence-corrected chi connectivity index (χ0v) is 13.1. The lowest BCUT2D eigenvalue weighted by Crippen LogP contribution is -2.37. The summed E-state index contributed by atoms with van der Waals surface area (Å²) in [6.45, 7) is 3.15. The Kier molecular flexibility index (Phi) is 3.55. The number of aromatic nitrogens is 1. The summed E-state index contributed by atoms with van der Waals surface area (Å²) in [6, 6.07) is 16.5. The van der Waals surface area contributed by atoms with Crippen LogP contribution in [0.3, 0.4) is 0 Å². The average Bonchev–Trinajstić information content (AvgIpc) is 2.78. The van der Waals surface area contributed by atoms with Crippen molar-refractivity contribution in [3.8, 4) is 0 Å². The first-order chi connectivity index (χ1) is 10.8. The number of nitrogens with zero attached hydrogens (tertiary/aromatic N) is 2. The summed E-state index contributed by atoms with van der Waals surface area (Å²) in [7, 11) is 0. The summed E-state index contributed by atoms with van der Waals surface area (Å²) in [5.74, 6) is 0. The Bertz CT molecular complexity index is 690. The van der Waals surface area contributed by atoms with Gasteiger partial charge in [0.25, 0.3) is 0 Å². The molecule has 1 aromatic heterocycles. The molecule has 0 saturated carbocycles. The van der Waals surface area contributed by atoms with Gasteiger partial charge in [-0.1, -0.05) is 36.4 Å². The standard InChI is InChI=1S/C20H22N2/c1-15-11-17(9-10-21-15)18-12-19-7-8-20(13-18)22(19)14-16-5-3-2-4-6-16/h2-6,9-12,19-20H,7-8,13-14H2,1H3. The first-order valence-electron chi connectivity index (χ1n) is 8.23. The van der Waals surface area contributed by atoms with Gasteiger partial charge in [0.1, 0.15) is 0 Å². The zero-order valence-electron chi connectivity index (χ0n) is 13.1. The fourth-order valence-electron chi connectivity index (χ4n) is 3.92. The van der Waals surface area contributed by atoms with Gasteiger partial charge in [-0.25, -0.2) is 0 Å². The molecular weight excluding hydrogens is 268 g/mol. The number of rotatable bonds is 3. The van der Waals surface area contributed by atoms with E-state index in [2.05, 4.69) is 65.3 Å². The molecule has 1 fully saturated rings. The molecule has 2 bridgehead atoms. The second-order valence-electron chi connectivity index (χ2n) is 6.54. The third kappa shape index (κ3) is 2.59. The van der Waals surface area contributed by atoms with Crippen LogP contribution < -0.4 is 0 Å². The van der Waals surface area contributed by atoms with Crippen LogP contribution in [-0.4, -0.2) is 22.0 Å². The molecule has 0 radical (unpaired) electrons. The van der Waals surface area contributed by atoms with Gasteiger partial charge >= 0.3 is 0 Å². The van der Waals surface area contributed by atoms with Crippen molar-refractivity contribution in [2.24, 2.45) is 0 Å². The van der Waals surface area contributed by atoms with Crippen molar-refractivity contribution in [1.82, 2.24) is 9.88 Å². The third-order valence-electron chi connectivity index (χ3n) is 5.02. The molecule has 1 saturated heterocycles. The topological polar surface area (TPSA) is 16.1 Å². The Morgan fingerprint density at radius 1 is 1.14 bits per heavy atom. The number of fused-ring (bicyclic) bond motifs is 2. The van der Waals surface area contributed by atoms with Crippen LogP contribution in [0, 0.1) is 6.92 Å². The van der Waals surface area contributed by atoms with Crippen LogP contribution in [-0.2, 0) is 6.54 Å². The van der Waals surface area contributed by atoms with Crippen molar-refractivity contribution in [3.63, 3.8) is 0 Å². The van der Waals surface area contributed by atoms with Gasteiger partial charge in [0.15, 0.2) is 0 Å². The summed E-state index contributed by atoms with van der Waals surface area (Å²) in [6.07, 6.45) is 8.23. The molecule has 2 aliphatic heterocycles. The van der Waals surface area contributed by atoms with Gasteiger partial charge in [-0.05, 0) is 55.0 Å². The highest BCUT2D eigenvalue weighted by Gasteiger charge is 2.36. The third-order valence-corrected chi connectivity index (χ3v) is 5.02. The molecule has 1 aromatic carbocycles. The van der Waals surface area contributed by atoms with Gasteiger partial charge in [-0.3, -0.25) is 9.88 Å². The maximum Gasteiger partial charge on any atom is 0.0378 e. The first-order valence-corrected chi connectivity index (χ1v) is 8.23. The highest BCUT2D eigenvalue weighted by molar-refractivity contribution is 5.68. The van der Waals surface area contributed by atoms with E-state index in [1.165, 1.54) is 36.0 Å². The van der Waals surface area contributed by atoms with Crippen LogP contribution in [0.1, 0.15) is 36.1 Å². The lowest BCUT2D eigenvalue weighted by Gasteiger charge is -2.34. The van der Waals surface area contributed by atoms with Gasteiger partial charge < -0.3 is 0 Å². The monoisotopic (exact) mass is 290 g/mol. The van der Waals surface area contributed by atoms with Crippen molar-refractivity contribution < 1.29 is 0 Å². The van der Waals surface area contributed by atoms with Crippen LogP contribution in [0.5, 0.6) is 0 Å². The molecule has 3 heterocycles. The fourth-order valence-corrected chi connectivity index (χ4v) is 3.92. The Hall–Kier alpha value is -1.93. The van der Waals surface area contributed by atoms with E-state index in [0.717, 1.165) is 12.2 Å². The van der Waals surface area contributed by atoms with Gasteiger partial charge in [0.2, 0.25) is 0 Å². The summed E-state index contributed by atoms with van der Waals surface area (Å²) in [4.78, 5) is 7.01. The molecule has 0 aliphatic carbocycles. The Morgan fingerprint density at radius 3 is 2.77 bits per heavy atom. The summed E-state index contributed by atoms with van der Waals surface area (Å²) in [5, 5.41) is 0.